The van der Waals surface area contributed by atoms with Crippen LogP contribution in [-0.2, 0) is 28.0 Å². The van der Waals surface area contributed by atoms with Crippen molar-refractivity contribution in [3.05, 3.63) is 214 Å². The number of unbranched alkanes of at least 4 members (excludes halogenated alkanes) is 1. The van der Waals surface area contributed by atoms with Gasteiger partial charge in [0.1, 0.15) is 11.4 Å². The second kappa shape index (κ2) is 16.9. The highest BCUT2D eigenvalue weighted by Crippen LogP contribution is 2.43. The Morgan fingerprint density at radius 2 is 1.22 bits per heavy atom. The number of aromatic nitrogens is 7. The maximum absolute atomic E-state index is 14.1. The largest absolute Gasteiger partial charge is 0.467 e. The van der Waals surface area contributed by atoms with E-state index in [9.17, 15) is 9.59 Å². The molecule has 0 saturated carbocycles. The third-order valence-electron chi connectivity index (χ3n) is 10.6. The average molecular weight is 766 g/mol. The van der Waals surface area contributed by atoms with E-state index in [4.69, 9.17) is 20.1 Å². The smallest absolute Gasteiger partial charge is 0.347 e. The summed E-state index contributed by atoms with van der Waals surface area (Å²) in [5, 5.41) is 18.5. The normalized spacial score (nSPS) is 12.0. The van der Waals surface area contributed by atoms with Crippen molar-refractivity contribution in [2.45, 2.75) is 44.3 Å². The molecule has 58 heavy (non-hydrogen) atoms. The average Bonchev–Trinajstić information content (AvgIpc) is 3.89. The summed E-state index contributed by atoms with van der Waals surface area (Å²) in [5.41, 5.74) is 6.09. The molecule has 0 N–H and O–H groups in total. The van der Waals surface area contributed by atoms with Crippen molar-refractivity contribution in [3.63, 3.8) is 0 Å². The Morgan fingerprint density at radius 3 is 1.78 bits per heavy atom. The number of hydrogen-bond donors (Lipinski definition) is 0. The first-order valence-corrected chi connectivity index (χ1v) is 19.5. The molecule has 0 amide bonds. The number of hydrogen-bond acceptors (Lipinski definition) is 7. The van der Waals surface area contributed by atoms with E-state index in [1.165, 1.54) is 11.8 Å². The lowest BCUT2D eigenvalue weighted by Gasteiger charge is -2.36. The third-order valence-corrected chi connectivity index (χ3v) is 10.6. The fourth-order valence-electron chi connectivity index (χ4n) is 7.81. The van der Waals surface area contributed by atoms with Gasteiger partial charge in [0.05, 0.1) is 13.7 Å². The molecule has 0 aliphatic carbocycles. The van der Waals surface area contributed by atoms with Gasteiger partial charge in [-0.3, -0.25) is 4.57 Å². The second-order valence-electron chi connectivity index (χ2n) is 14.1. The quantitative estimate of drug-likeness (QED) is 0.0809. The molecule has 8 aromatic rings. The van der Waals surface area contributed by atoms with Crippen LogP contribution >= 0.6 is 0 Å². The molecule has 10 heteroatoms. The van der Waals surface area contributed by atoms with Gasteiger partial charge >= 0.3 is 11.7 Å². The van der Waals surface area contributed by atoms with Crippen LogP contribution < -0.4 is 5.69 Å². The summed E-state index contributed by atoms with van der Waals surface area (Å²) in [6.45, 7) is 2.38. The molecule has 0 aliphatic rings. The maximum atomic E-state index is 14.1. The van der Waals surface area contributed by atoms with E-state index < -0.39 is 17.6 Å². The molecule has 0 fully saturated rings. The Morgan fingerprint density at radius 1 is 0.690 bits per heavy atom. The lowest BCUT2D eigenvalue weighted by molar-refractivity contribution is -0.143. The number of carbonyl (C=O) groups excluding carboxylic acids is 1. The third kappa shape index (κ3) is 7.05. The van der Waals surface area contributed by atoms with Crippen LogP contribution in [0, 0.1) is 0 Å². The molecule has 0 aliphatic heterocycles. The van der Waals surface area contributed by atoms with Gasteiger partial charge in [-0.25, -0.2) is 14.3 Å². The standard InChI is InChI=1S/C48H43N7O3/c1-3-4-29-43-50-54(44(46(56)58-2)37-19-9-5-10-20-37)47(57)53(43)34-35-30-32-36(33-31-35)41-27-17-18-28-42(41)45-49-51-52-55(45)48(38-21-11-6-12-22-38,39-23-13-7-14-24-39)40-25-15-8-16-26-40/h5-28,30-33,44H,3-4,29,34H2,1-2H3. The zero-order valence-electron chi connectivity index (χ0n) is 32.4. The van der Waals surface area contributed by atoms with Crippen LogP contribution in [0.4, 0.5) is 0 Å². The summed E-state index contributed by atoms with van der Waals surface area (Å²) in [7, 11) is 1.32. The number of ether oxygens (including phenoxy) is 1. The Bertz CT molecular complexity index is 2560. The van der Waals surface area contributed by atoms with Crippen molar-refractivity contribution in [2.24, 2.45) is 0 Å². The van der Waals surface area contributed by atoms with Crippen LogP contribution in [-0.4, -0.2) is 47.6 Å². The lowest BCUT2D eigenvalue weighted by atomic mass is 9.77. The first-order valence-electron chi connectivity index (χ1n) is 19.5. The van der Waals surface area contributed by atoms with Gasteiger partial charge in [-0.1, -0.05) is 183 Å². The molecule has 8 rings (SSSR count). The first-order chi connectivity index (χ1) is 28.5. The molecule has 6 aromatic carbocycles. The van der Waals surface area contributed by atoms with Crippen LogP contribution in [0.25, 0.3) is 22.5 Å². The van der Waals surface area contributed by atoms with E-state index in [2.05, 4.69) is 72.8 Å². The molecule has 1 unspecified atom stereocenters. The highest BCUT2D eigenvalue weighted by molar-refractivity contribution is 5.81. The maximum Gasteiger partial charge on any atom is 0.347 e. The van der Waals surface area contributed by atoms with Crippen molar-refractivity contribution in [3.8, 4) is 22.5 Å². The molecule has 1 atom stereocenters. The van der Waals surface area contributed by atoms with Crippen molar-refractivity contribution in [2.75, 3.05) is 7.11 Å². The summed E-state index contributed by atoms with van der Waals surface area (Å²) in [5.74, 6) is 0.675. The van der Waals surface area contributed by atoms with Gasteiger partial charge in [0.15, 0.2) is 11.9 Å². The lowest BCUT2D eigenvalue weighted by Crippen LogP contribution is -2.39. The molecular weight excluding hydrogens is 723 g/mol. The Labute approximate surface area is 337 Å². The van der Waals surface area contributed by atoms with Gasteiger partial charge in [-0.2, -0.15) is 9.78 Å². The van der Waals surface area contributed by atoms with Crippen LogP contribution in [0.15, 0.2) is 175 Å². The van der Waals surface area contributed by atoms with E-state index in [0.717, 1.165) is 51.8 Å². The monoisotopic (exact) mass is 765 g/mol. The molecule has 0 bridgehead atoms. The number of methoxy groups -OCH3 is 1. The molecule has 2 heterocycles. The molecule has 10 nitrogen and oxygen atoms in total. The van der Waals surface area contributed by atoms with Crippen LogP contribution in [0.5, 0.6) is 0 Å². The SMILES string of the molecule is CCCCc1nn(C(C(=O)OC)c2ccccc2)c(=O)n1Cc1ccc(-c2ccccc2-c2nnnn2C(c2ccccc2)(c2ccccc2)c2ccccc2)cc1. The first kappa shape index (κ1) is 37.7. The number of tetrazole rings is 1. The number of carbonyl (C=O) groups is 1. The van der Waals surface area contributed by atoms with Crippen molar-refractivity contribution >= 4 is 5.97 Å². The minimum atomic E-state index is -1.000. The highest BCUT2D eigenvalue weighted by Gasteiger charge is 2.42. The number of esters is 1. The molecule has 288 valence electrons. The number of nitrogens with zero attached hydrogens (tertiary/aromatic N) is 7. The predicted molar refractivity (Wildman–Crippen MR) is 224 cm³/mol. The van der Waals surface area contributed by atoms with Gasteiger partial charge in [-0.05, 0) is 55.8 Å². The molecule has 0 spiro atoms. The van der Waals surface area contributed by atoms with Gasteiger partial charge in [0, 0.05) is 12.0 Å². The Kier molecular flexibility index (Phi) is 11.0. The van der Waals surface area contributed by atoms with E-state index >= 15 is 0 Å². The number of rotatable bonds is 14. The molecule has 0 radical (unpaired) electrons. The summed E-state index contributed by atoms with van der Waals surface area (Å²) >= 11 is 0. The van der Waals surface area contributed by atoms with Crippen molar-refractivity contribution in [1.29, 1.82) is 0 Å². The highest BCUT2D eigenvalue weighted by atomic mass is 16.5. The van der Waals surface area contributed by atoms with Crippen LogP contribution in [0.2, 0.25) is 0 Å². The second-order valence-corrected chi connectivity index (χ2v) is 14.1. The zero-order chi connectivity index (χ0) is 39.9. The fraction of sp³-hybridized carbons (Fsp3) is 0.167. The number of benzene rings is 6. The van der Waals surface area contributed by atoms with Crippen LogP contribution in [0.1, 0.15) is 59.4 Å². The van der Waals surface area contributed by atoms with E-state index in [0.29, 0.717) is 23.6 Å². The number of aryl methyl sites for hydroxylation is 1. The Hall–Kier alpha value is -7.20. The zero-order valence-corrected chi connectivity index (χ0v) is 32.4. The minimum Gasteiger partial charge on any atom is -0.467 e. The van der Waals surface area contributed by atoms with Gasteiger partial charge in [0.2, 0.25) is 0 Å². The van der Waals surface area contributed by atoms with Gasteiger partial charge in [0.25, 0.3) is 0 Å². The summed E-state index contributed by atoms with van der Waals surface area (Å²) < 4.78 is 10.0. The van der Waals surface area contributed by atoms with E-state index in [-0.39, 0.29) is 12.2 Å². The Balaban J connectivity index is 1.19. The minimum absolute atomic E-state index is 0.286. The van der Waals surface area contributed by atoms with E-state index in [1.807, 2.05) is 102 Å². The molecular formula is C48H43N7O3. The fourth-order valence-corrected chi connectivity index (χ4v) is 7.81. The molecule has 0 saturated heterocycles. The van der Waals surface area contributed by atoms with Gasteiger partial charge in [-0.15, -0.1) is 5.10 Å². The topological polar surface area (TPSA) is 110 Å². The molecule has 2 aromatic heterocycles. The van der Waals surface area contributed by atoms with Gasteiger partial charge < -0.3 is 4.74 Å². The van der Waals surface area contributed by atoms with Crippen molar-refractivity contribution < 1.29 is 9.53 Å². The predicted octanol–water partition coefficient (Wildman–Crippen LogP) is 8.36. The summed E-state index contributed by atoms with van der Waals surface area (Å²) in [6, 6.07) is 55.5. The van der Waals surface area contributed by atoms with Crippen molar-refractivity contribution in [1.82, 2.24) is 34.6 Å². The summed E-state index contributed by atoms with van der Waals surface area (Å²) in [4.78, 5) is 27.2. The van der Waals surface area contributed by atoms with Crippen LogP contribution in [0.3, 0.4) is 0 Å². The summed E-state index contributed by atoms with van der Waals surface area (Å²) in [6.07, 6.45) is 2.37. The van der Waals surface area contributed by atoms with E-state index in [1.54, 1.807) is 16.7 Å².